The predicted octanol–water partition coefficient (Wildman–Crippen LogP) is 0.451. The molecular weight excluding hydrogens is 172 g/mol. The Morgan fingerprint density at radius 3 is 1.58 bits per heavy atom. The summed E-state index contributed by atoms with van der Waals surface area (Å²) in [6.07, 6.45) is 3.24. The molecule has 0 rings (SSSR count). The van der Waals surface area contributed by atoms with Gasteiger partial charge in [0.1, 0.15) is 0 Å². The van der Waals surface area contributed by atoms with Crippen LogP contribution in [-0.2, 0) is 0 Å². The van der Waals surface area contributed by atoms with E-state index in [2.05, 4.69) is 9.98 Å². The van der Waals surface area contributed by atoms with Gasteiger partial charge in [0, 0.05) is 28.2 Å². The van der Waals surface area contributed by atoms with E-state index in [0.717, 1.165) is 0 Å². The average Bonchev–Trinajstić information content (AvgIpc) is 1.96. The van der Waals surface area contributed by atoms with Gasteiger partial charge >= 0.3 is 0 Å². The highest BCUT2D eigenvalue weighted by Gasteiger charge is 1.85. The molecule has 0 heterocycles. The Balaban J connectivity index is 3.90. The SMILES string of the molecule is CN(C)/C=N\C(=S)/N=C/N(C)C. The lowest BCUT2D eigenvalue weighted by Gasteiger charge is -2.02. The van der Waals surface area contributed by atoms with Crippen LogP contribution in [-0.4, -0.2) is 55.8 Å². The summed E-state index contributed by atoms with van der Waals surface area (Å²) in [5.41, 5.74) is 0. The molecule has 0 aliphatic rings. The smallest absolute Gasteiger partial charge is 0.221 e. The van der Waals surface area contributed by atoms with Crippen molar-refractivity contribution in [3.63, 3.8) is 0 Å². The van der Waals surface area contributed by atoms with Crippen molar-refractivity contribution in [1.82, 2.24) is 9.80 Å². The largest absolute Gasteiger partial charge is 0.369 e. The maximum absolute atomic E-state index is 4.84. The van der Waals surface area contributed by atoms with E-state index < -0.39 is 0 Å². The number of rotatable bonds is 2. The highest BCUT2D eigenvalue weighted by atomic mass is 32.1. The van der Waals surface area contributed by atoms with Gasteiger partial charge in [-0.1, -0.05) is 0 Å². The highest BCUT2D eigenvalue weighted by molar-refractivity contribution is 7.80. The van der Waals surface area contributed by atoms with E-state index in [4.69, 9.17) is 12.2 Å². The molecule has 68 valence electrons. The third kappa shape index (κ3) is 7.14. The minimum atomic E-state index is 0.331. The summed E-state index contributed by atoms with van der Waals surface area (Å²) in [4.78, 5) is 11.4. The van der Waals surface area contributed by atoms with Gasteiger partial charge in [-0.2, -0.15) is 0 Å². The number of thiocarbonyl (C=S) groups is 1. The first-order valence-electron chi connectivity index (χ1n) is 3.47. The molecule has 0 radical (unpaired) electrons. The highest BCUT2D eigenvalue weighted by Crippen LogP contribution is 1.81. The van der Waals surface area contributed by atoms with Gasteiger partial charge in [0.2, 0.25) is 5.11 Å². The van der Waals surface area contributed by atoms with Crippen molar-refractivity contribution in [2.75, 3.05) is 28.2 Å². The Hall–Kier alpha value is -0.970. The number of aliphatic imine (C=N–C) groups is 2. The third-order valence-electron chi connectivity index (χ3n) is 0.798. The van der Waals surface area contributed by atoms with Crippen molar-refractivity contribution < 1.29 is 0 Å². The van der Waals surface area contributed by atoms with Gasteiger partial charge in [-0.05, 0) is 12.2 Å². The van der Waals surface area contributed by atoms with E-state index in [1.54, 1.807) is 22.5 Å². The van der Waals surface area contributed by atoms with Gasteiger partial charge in [-0.25, -0.2) is 9.98 Å². The van der Waals surface area contributed by atoms with Gasteiger partial charge in [0.25, 0.3) is 0 Å². The zero-order valence-corrected chi connectivity index (χ0v) is 8.67. The molecule has 0 aromatic carbocycles. The summed E-state index contributed by atoms with van der Waals surface area (Å²) in [6.45, 7) is 0. The topological polar surface area (TPSA) is 31.2 Å². The molecule has 0 aromatic heterocycles. The molecule has 0 amide bonds. The maximum Gasteiger partial charge on any atom is 0.221 e. The Morgan fingerprint density at radius 2 is 1.33 bits per heavy atom. The molecule has 0 unspecified atom stereocenters. The zero-order chi connectivity index (χ0) is 9.56. The van der Waals surface area contributed by atoms with E-state index in [1.165, 1.54) is 0 Å². The fourth-order valence-electron chi connectivity index (χ4n) is 0.363. The first-order valence-corrected chi connectivity index (χ1v) is 3.88. The van der Waals surface area contributed by atoms with Crippen LogP contribution in [0.5, 0.6) is 0 Å². The van der Waals surface area contributed by atoms with Crippen molar-refractivity contribution >= 4 is 30.0 Å². The fourth-order valence-corrected chi connectivity index (χ4v) is 0.457. The number of hydrogen-bond donors (Lipinski definition) is 0. The molecule has 0 spiro atoms. The average molecular weight is 186 g/mol. The molecule has 0 saturated heterocycles. The molecule has 0 atom stereocenters. The fraction of sp³-hybridized carbons (Fsp3) is 0.571. The molecule has 0 fully saturated rings. The third-order valence-corrected chi connectivity index (χ3v) is 1.01. The van der Waals surface area contributed by atoms with Crippen LogP contribution in [0.2, 0.25) is 0 Å². The van der Waals surface area contributed by atoms with Crippen LogP contribution in [0, 0.1) is 0 Å². The first kappa shape index (κ1) is 11.0. The van der Waals surface area contributed by atoms with Crippen LogP contribution in [0.4, 0.5) is 0 Å². The monoisotopic (exact) mass is 186 g/mol. The van der Waals surface area contributed by atoms with Crippen molar-refractivity contribution in [3.8, 4) is 0 Å². The molecule has 0 saturated carbocycles. The lowest BCUT2D eigenvalue weighted by atomic mass is 10.9. The molecular formula is C7H14N4S. The standard InChI is InChI=1S/C7H14N4S/c1-10(2)5-8-7(12)9-6-11(3)4/h5-6H,1-4H3/b8-5-,9-6+. The quantitative estimate of drug-likeness (QED) is 0.356. The van der Waals surface area contributed by atoms with Crippen molar-refractivity contribution in [1.29, 1.82) is 0 Å². The molecule has 0 aliphatic heterocycles. The molecule has 0 aromatic rings. The van der Waals surface area contributed by atoms with Gasteiger partial charge in [0.15, 0.2) is 0 Å². The van der Waals surface area contributed by atoms with Crippen molar-refractivity contribution in [3.05, 3.63) is 0 Å². The maximum atomic E-state index is 4.84. The predicted molar refractivity (Wildman–Crippen MR) is 57.0 cm³/mol. The van der Waals surface area contributed by atoms with Crippen LogP contribution < -0.4 is 0 Å². The molecule has 0 aliphatic carbocycles. The molecule has 0 N–H and O–H groups in total. The lowest BCUT2D eigenvalue weighted by Crippen LogP contribution is -2.10. The van der Waals surface area contributed by atoms with E-state index in [1.807, 2.05) is 28.2 Å². The second kappa shape index (κ2) is 5.65. The van der Waals surface area contributed by atoms with Gasteiger partial charge in [-0.3, -0.25) is 0 Å². The molecule has 4 nitrogen and oxygen atoms in total. The summed E-state index contributed by atoms with van der Waals surface area (Å²) in [5, 5.41) is 0.331. The van der Waals surface area contributed by atoms with E-state index >= 15 is 0 Å². The van der Waals surface area contributed by atoms with Crippen LogP contribution in [0.1, 0.15) is 0 Å². The minimum absolute atomic E-state index is 0.331. The van der Waals surface area contributed by atoms with Crippen LogP contribution >= 0.6 is 12.2 Å². The van der Waals surface area contributed by atoms with Crippen LogP contribution in [0.3, 0.4) is 0 Å². The molecule has 5 heteroatoms. The summed E-state index contributed by atoms with van der Waals surface area (Å²) in [6, 6.07) is 0. The zero-order valence-electron chi connectivity index (χ0n) is 7.85. The summed E-state index contributed by atoms with van der Waals surface area (Å²) in [5.74, 6) is 0. The van der Waals surface area contributed by atoms with Gasteiger partial charge < -0.3 is 9.80 Å². The first-order chi connectivity index (χ1) is 5.52. The summed E-state index contributed by atoms with van der Waals surface area (Å²) < 4.78 is 0. The Kier molecular flexibility index (Phi) is 5.19. The Bertz CT molecular complexity index is 176. The Morgan fingerprint density at radius 1 is 1.00 bits per heavy atom. The lowest BCUT2D eigenvalue weighted by molar-refractivity contribution is 0.642. The normalized spacial score (nSPS) is 11.0. The molecule has 0 bridgehead atoms. The van der Waals surface area contributed by atoms with Crippen molar-refractivity contribution in [2.45, 2.75) is 0 Å². The summed E-state index contributed by atoms with van der Waals surface area (Å²) in [7, 11) is 7.51. The Labute approximate surface area is 78.6 Å². The minimum Gasteiger partial charge on any atom is -0.369 e. The summed E-state index contributed by atoms with van der Waals surface area (Å²) >= 11 is 4.84. The number of hydrogen-bond acceptors (Lipinski definition) is 1. The van der Waals surface area contributed by atoms with Crippen LogP contribution in [0.15, 0.2) is 9.98 Å². The van der Waals surface area contributed by atoms with E-state index in [-0.39, 0.29) is 0 Å². The van der Waals surface area contributed by atoms with Crippen molar-refractivity contribution in [2.24, 2.45) is 9.98 Å². The van der Waals surface area contributed by atoms with Crippen LogP contribution in [0.25, 0.3) is 0 Å². The number of nitrogens with zero attached hydrogens (tertiary/aromatic N) is 4. The van der Waals surface area contributed by atoms with Gasteiger partial charge in [-0.15, -0.1) is 0 Å². The van der Waals surface area contributed by atoms with E-state index in [9.17, 15) is 0 Å². The van der Waals surface area contributed by atoms with Gasteiger partial charge in [0.05, 0.1) is 12.7 Å². The second-order valence-electron chi connectivity index (χ2n) is 2.70. The van der Waals surface area contributed by atoms with E-state index in [0.29, 0.717) is 5.11 Å². The second-order valence-corrected chi connectivity index (χ2v) is 3.06. The molecule has 12 heavy (non-hydrogen) atoms.